The van der Waals surface area contributed by atoms with Crippen LogP contribution in [0.2, 0.25) is 0 Å². The van der Waals surface area contributed by atoms with Crippen LogP contribution in [0.4, 0.5) is 4.79 Å². The molecule has 5 fully saturated rings. The summed E-state index contributed by atoms with van der Waals surface area (Å²) in [6, 6.07) is 0.962. The summed E-state index contributed by atoms with van der Waals surface area (Å²) in [7, 11) is 0. The quantitative estimate of drug-likeness (QED) is 0.829. The third-order valence-electron chi connectivity index (χ3n) is 7.39. The predicted molar refractivity (Wildman–Crippen MR) is 96.8 cm³/mol. The Labute approximate surface area is 147 Å². The van der Waals surface area contributed by atoms with E-state index in [1.165, 1.54) is 58.0 Å². The summed E-state index contributed by atoms with van der Waals surface area (Å²) in [4.78, 5) is 15.0. The summed E-state index contributed by atoms with van der Waals surface area (Å²) in [6.07, 6.45) is 9.56. The van der Waals surface area contributed by atoms with Crippen molar-refractivity contribution in [3.63, 3.8) is 0 Å². The van der Waals surface area contributed by atoms with Crippen molar-refractivity contribution in [1.82, 2.24) is 15.5 Å². The molecular formula is C20H35N3O. The van der Waals surface area contributed by atoms with Crippen LogP contribution in [0.5, 0.6) is 0 Å². The van der Waals surface area contributed by atoms with Gasteiger partial charge in [-0.2, -0.15) is 0 Å². The van der Waals surface area contributed by atoms with Gasteiger partial charge in [0.25, 0.3) is 0 Å². The minimum Gasteiger partial charge on any atom is -0.337 e. The van der Waals surface area contributed by atoms with E-state index >= 15 is 0 Å². The number of likely N-dealkylation sites (tertiary alicyclic amines) is 1. The molecule has 1 saturated heterocycles. The number of carbonyl (C=O) groups excluding carboxylic acids is 1. The van der Waals surface area contributed by atoms with Crippen molar-refractivity contribution >= 4 is 6.03 Å². The highest BCUT2D eigenvalue weighted by molar-refractivity contribution is 5.74. The van der Waals surface area contributed by atoms with Gasteiger partial charge in [-0.3, -0.25) is 4.90 Å². The van der Waals surface area contributed by atoms with Crippen molar-refractivity contribution in [3.05, 3.63) is 0 Å². The second-order valence-electron chi connectivity index (χ2n) is 9.40. The lowest BCUT2D eigenvalue weighted by Gasteiger charge is -2.54. The van der Waals surface area contributed by atoms with Crippen molar-refractivity contribution in [3.8, 4) is 0 Å². The van der Waals surface area contributed by atoms with Crippen LogP contribution in [-0.4, -0.2) is 42.6 Å². The van der Waals surface area contributed by atoms with Crippen LogP contribution >= 0.6 is 0 Å². The molecule has 1 heterocycles. The lowest BCUT2D eigenvalue weighted by atomic mass is 9.54. The summed E-state index contributed by atoms with van der Waals surface area (Å²) in [5.74, 6) is 4.24. The van der Waals surface area contributed by atoms with Gasteiger partial charge in [-0.15, -0.1) is 0 Å². The van der Waals surface area contributed by atoms with Gasteiger partial charge in [-0.1, -0.05) is 6.92 Å². The molecule has 2 N–H and O–H groups in total. The number of nitrogens with zero attached hydrogens (tertiary/aromatic N) is 1. The van der Waals surface area contributed by atoms with Gasteiger partial charge in [-0.05, 0) is 88.0 Å². The number of piperidine rings is 1. The Morgan fingerprint density at radius 2 is 1.79 bits per heavy atom. The van der Waals surface area contributed by atoms with Crippen molar-refractivity contribution in [2.24, 2.45) is 29.6 Å². The highest BCUT2D eigenvalue weighted by Gasteiger charge is 2.48. The highest BCUT2D eigenvalue weighted by atomic mass is 16.2. The molecule has 2 amide bonds. The van der Waals surface area contributed by atoms with E-state index < -0.39 is 0 Å². The smallest absolute Gasteiger partial charge is 0.315 e. The highest BCUT2D eigenvalue weighted by Crippen LogP contribution is 2.53. The maximum absolute atomic E-state index is 12.4. The molecule has 0 aromatic rings. The van der Waals surface area contributed by atoms with Crippen LogP contribution in [-0.2, 0) is 0 Å². The molecule has 4 bridgehead atoms. The lowest BCUT2D eigenvalue weighted by molar-refractivity contribution is -0.00948. The second-order valence-corrected chi connectivity index (χ2v) is 9.40. The van der Waals surface area contributed by atoms with E-state index in [0.717, 1.165) is 36.1 Å². The molecule has 24 heavy (non-hydrogen) atoms. The number of carbonyl (C=O) groups is 1. The second kappa shape index (κ2) is 6.86. The lowest BCUT2D eigenvalue weighted by Crippen LogP contribution is -2.58. The van der Waals surface area contributed by atoms with Crippen molar-refractivity contribution in [2.75, 3.05) is 19.6 Å². The minimum absolute atomic E-state index is 0.0735. The molecule has 4 aliphatic carbocycles. The molecule has 2 unspecified atom stereocenters. The van der Waals surface area contributed by atoms with Crippen molar-refractivity contribution in [1.29, 1.82) is 0 Å². The fourth-order valence-electron chi connectivity index (χ4n) is 6.36. The van der Waals surface area contributed by atoms with Crippen LogP contribution in [0.25, 0.3) is 0 Å². The average molecular weight is 334 g/mol. The van der Waals surface area contributed by atoms with Gasteiger partial charge in [0, 0.05) is 25.2 Å². The van der Waals surface area contributed by atoms with E-state index in [2.05, 4.69) is 29.4 Å². The zero-order valence-electron chi connectivity index (χ0n) is 15.5. The first-order chi connectivity index (χ1) is 11.6. The third-order valence-corrected chi connectivity index (χ3v) is 7.39. The van der Waals surface area contributed by atoms with E-state index in [0.29, 0.717) is 12.1 Å². The van der Waals surface area contributed by atoms with E-state index in [1.54, 1.807) is 0 Å². The average Bonchev–Trinajstić information content (AvgIpc) is 2.55. The fraction of sp³-hybridized carbons (Fsp3) is 0.950. The normalized spacial score (nSPS) is 42.8. The van der Waals surface area contributed by atoms with Crippen LogP contribution < -0.4 is 10.6 Å². The number of hydrogen-bond donors (Lipinski definition) is 2. The zero-order valence-corrected chi connectivity index (χ0v) is 15.5. The minimum atomic E-state index is 0.0735. The largest absolute Gasteiger partial charge is 0.337 e. The molecular weight excluding hydrogens is 298 g/mol. The van der Waals surface area contributed by atoms with Gasteiger partial charge in [0.2, 0.25) is 0 Å². The Kier molecular flexibility index (Phi) is 4.77. The Morgan fingerprint density at radius 1 is 1.12 bits per heavy atom. The Balaban J connectivity index is 1.24. The van der Waals surface area contributed by atoms with Gasteiger partial charge in [0.1, 0.15) is 0 Å². The number of hydrogen-bond acceptors (Lipinski definition) is 2. The molecule has 4 heteroatoms. The topological polar surface area (TPSA) is 44.4 Å². The molecule has 5 aliphatic rings. The number of nitrogens with one attached hydrogen (secondary N) is 2. The first-order valence-electron chi connectivity index (χ1n) is 10.4. The fourth-order valence-corrected chi connectivity index (χ4v) is 6.36. The first kappa shape index (κ1) is 16.7. The molecule has 2 atom stereocenters. The molecule has 0 aromatic heterocycles. The molecule has 1 aliphatic heterocycles. The molecule has 4 saturated carbocycles. The Hall–Kier alpha value is -0.770. The summed E-state index contributed by atoms with van der Waals surface area (Å²) >= 11 is 0. The molecule has 4 nitrogen and oxygen atoms in total. The van der Waals surface area contributed by atoms with Crippen LogP contribution in [0.3, 0.4) is 0 Å². The molecule has 136 valence electrons. The van der Waals surface area contributed by atoms with E-state index in [1.807, 2.05) is 0 Å². The zero-order chi connectivity index (χ0) is 16.7. The molecule has 0 spiro atoms. The van der Waals surface area contributed by atoms with Gasteiger partial charge < -0.3 is 10.6 Å². The Morgan fingerprint density at radius 3 is 2.42 bits per heavy atom. The van der Waals surface area contributed by atoms with Gasteiger partial charge in [0.05, 0.1) is 0 Å². The SMILES string of the molecule is CC1CCCN(C(C)CNC(=O)NC2C3CC4CC(C3)CC2C4)C1. The van der Waals surface area contributed by atoms with Crippen LogP contribution in [0, 0.1) is 29.6 Å². The van der Waals surface area contributed by atoms with Gasteiger partial charge in [-0.25, -0.2) is 4.79 Å². The number of urea groups is 1. The molecule has 0 radical (unpaired) electrons. The maximum atomic E-state index is 12.4. The van der Waals surface area contributed by atoms with E-state index in [4.69, 9.17) is 0 Å². The molecule has 0 aromatic carbocycles. The summed E-state index contributed by atoms with van der Waals surface area (Å²) in [5.41, 5.74) is 0. The maximum Gasteiger partial charge on any atom is 0.315 e. The monoisotopic (exact) mass is 333 g/mol. The van der Waals surface area contributed by atoms with Gasteiger partial charge >= 0.3 is 6.03 Å². The van der Waals surface area contributed by atoms with Crippen molar-refractivity contribution in [2.45, 2.75) is 70.9 Å². The number of amides is 2. The number of rotatable bonds is 4. The standard InChI is InChI=1S/C20H35N3O/c1-13-4-3-5-23(12-13)14(2)11-21-20(24)22-19-17-7-15-6-16(9-17)10-18(19)8-15/h13-19H,3-12H2,1-2H3,(H2,21,22,24). The van der Waals surface area contributed by atoms with Gasteiger partial charge in [0.15, 0.2) is 0 Å². The summed E-state index contributed by atoms with van der Waals surface area (Å²) < 4.78 is 0. The summed E-state index contributed by atoms with van der Waals surface area (Å²) in [6.45, 7) is 7.73. The third kappa shape index (κ3) is 3.44. The van der Waals surface area contributed by atoms with E-state index in [9.17, 15) is 4.79 Å². The summed E-state index contributed by atoms with van der Waals surface area (Å²) in [5, 5.41) is 6.52. The first-order valence-corrected chi connectivity index (χ1v) is 10.4. The van der Waals surface area contributed by atoms with Crippen LogP contribution in [0.1, 0.15) is 58.8 Å². The Bertz CT molecular complexity index is 438. The molecule has 5 rings (SSSR count). The van der Waals surface area contributed by atoms with Crippen molar-refractivity contribution < 1.29 is 4.79 Å². The predicted octanol–water partition coefficient (Wildman–Crippen LogP) is 3.23. The van der Waals surface area contributed by atoms with E-state index in [-0.39, 0.29) is 6.03 Å². The van der Waals surface area contributed by atoms with Crippen LogP contribution in [0.15, 0.2) is 0 Å².